The molecule has 0 saturated heterocycles. The summed E-state index contributed by atoms with van der Waals surface area (Å²) in [6, 6.07) is 14.7. The van der Waals surface area contributed by atoms with Gasteiger partial charge in [0.15, 0.2) is 0 Å². The number of ether oxygens (including phenoxy) is 1. The minimum atomic E-state index is -1.09. The van der Waals surface area contributed by atoms with Crippen LogP contribution >= 0.6 is 0 Å². The van der Waals surface area contributed by atoms with Crippen LogP contribution in [0.2, 0.25) is 0 Å². The van der Waals surface area contributed by atoms with Crippen LogP contribution in [-0.2, 0) is 14.3 Å². The van der Waals surface area contributed by atoms with Crippen LogP contribution in [0.5, 0.6) is 0 Å². The van der Waals surface area contributed by atoms with Gasteiger partial charge < -0.3 is 20.5 Å². The number of carbonyl (C=O) groups excluding carboxylic acids is 2. The lowest BCUT2D eigenvalue weighted by molar-refractivity contribution is -0.145. The van der Waals surface area contributed by atoms with Crippen molar-refractivity contribution in [2.75, 3.05) is 6.61 Å². The van der Waals surface area contributed by atoms with Crippen molar-refractivity contribution < 1.29 is 24.2 Å². The van der Waals surface area contributed by atoms with E-state index in [1.54, 1.807) is 20.8 Å². The first-order valence-electron chi connectivity index (χ1n) is 11.3. The van der Waals surface area contributed by atoms with Crippen molar-refractivity contribution in [2.45, 2.75) is 58.5 Å². The molecule has 0 fully saturated rings. The zero-order valence-corrected chi connectivity index (χ0v) is 19.6. The molecule has 1 unspecified atom stereocenters. The van der Waals surface area contributed by atoms with Crippen molar-refractivity contribution in [1.29, 1.82) is 0 Å². The lowest BCUT2D eigenvalue weighted by Gasteiger charge is -2.28. The van der Waals surface area contributed by atoms with Crippen LogP contribution < -0.4 is 10.6 Å². The van der Waals surface area contributed by atoms with Crippen LogP contribution in [0.3, 0.4) is 0 Å². The van der Waals surface area contributed by atoms with Crippen LogP contribution in [0.25, 0.3) is 11.1 Å². The molecule has 0 heterocycles. The molecule has 176 valence electrons. The van der Waals surface area contributed by atoms with E-state index in [9.17, 15) is 19.5 Å². The minimum Gasteiger partial charge on any atom is -0.480 e. The van der Waals surface area contributed by atoms with Gasteiger partial charge in [-0.25, -0.2) is 9.59 Å². The molecule has 0 spiro atoms. The smallest absolute Gasteiger partial charge is 0.407 e. The van der Waals surface area contributed by atoms with Gasteiger partial charge in [0.2, 0.25) is 5.91 Å². The van der Waals surface area contributed by atoms with Gasteiger partial charge in [0.25, 0.3) is 0 Å². The Bertz CT molecular complexity index is 982. The quantitative estimate of drug-likeness (QED) is 0.554. The summed E-state index contributed by atoms with van der Waals surface area (Å²) in [6.45, 7) is 7.28. The molecule has 7 heteroatoms. The summed E-state index contributed by atoms with van der Waals surface area (Å²) >= 11 is 0. The number of fused-ring (bicyclic) bond motifs is 3. The summed E-state index contributed by atoms with van der Waals surface area (Å²) in [6.07, 6.45) is -0.118. The molecular weight excluding hydrogens is 420 g/mol. The van der Waals surface area contributed by atoms with E-state index in [4.69, 9.17) is 4.74 Å². The Labute approximate surface area is 194 Å². The lowest BCUT2D eigenvalue weighted by atomic mass is 9.86. The van der Waals surface area contributed by atoms with Gasteiger partial charge >= 0.3 is 12.1 Å². The molecule has 2 atom stereocenters. The number of amides is 2. The maximum absolute atomic E-state index is 12.5. The summed E-state index contributed by atoms with van der Waals surface area (Å²) in [5, 5.41) is 14.7. The van der Waals surface area contributed by atoms with E-state index in [1.807, 2.05) is 31.2 Å². The Morgan fingerprint density at radius 1 is 0.970 bits per heavy atom. The SMILES string of the molecule is CCC(CC(=O)N[C@H](C(=O)O)C(C)(C)C)NC(=O)OCC1c2ccccc2-c2ccccc21. The van der Waals surface area contributed by atoms with E-state index in [0.29, 0.717) is 6.42 Å². The normalized spacial score (nSPS) is 14.5. The molecule has 0 radical (unpaired) electrons. The molecule has 3 rings (SSSR count). The summed E-state index contributed by atoms with van der Waals surface area (Å²) in [4.78, 5) is 36.4. The third kappa shape index (κ3) is 5.72. The first-order chi connectivity index (χ1) is 15.6. The average molecular weight is 453 g/mol. The topological polar surface area (TPSA) is 105 Å². The van der Waals surface area contributed by atoms with E-state index in [0.717, 1.165) is 22.3 Å². The standard InChI is InChI=1S/C26H32N2O5/c1-5-16(14-22(29)28-23(24(30)31)26(2,3)4)27-25(32)33-15-21-19-12-8-6-10-17(19)18-11-7-9-13-20(18)21/h6-13,16,21,23H,5,14-15H2,1-4H3,(H,27,32)(H,28,29)(H,30,31)/t16?,23-/m1/s1. The zero-order chi connectivity index (χ0) is 24.2. The van der Waals surface area contributed by atoms with Crippen molar-refractivity contribution >= 4 is 18.0 Å². The van der Waals surface area contributed by atoms with Gasteiger partial charge in [-0.15, -0.1) is 0 Å². The van der Waals surface area contributed by atoms with Gasteiger partial charge in [0, 0.05) is 18.4 Å². The van der Waals surface area contributed by atoms with E-state index in [-0.39, 0.29) is 18.9 Å². The molecule has 7 nitrogen and oxygen atoms in total. The van der Waals surface area contributed by atoms with Crippen molar-refractivity contribution in [1.82, 2.24) is 10.6 Å². The number of hydrogen-bond acceptors (Lipinski definition) is 4. The van der Waals surface area contributed by atoms with Crippen molar-refractivity contribution in [3.05, 3.63) is 59.7 Å². The Morgan fingerprint density at radius 2 is 1.52 bits per heavy atom. The predicted octanol–water partition coefficient (Wildman–Crippen LogP) is 4.31. The van der Waals surface area contributed by atoms with Gasteiger partial charge in [0.1, 0.15) is 12.6 Å². The second-order valence-corrected chi connectivity index (χ2v) is 9.48. The molecule has 3 N–H and O–H groups in total. The highest BCUT2D eigenvalue weighted by Gasteiger charge is 2.33. The van der Waals surface area contributed by atoms with Crippen molar-refractivity contribution in [2.24, 2.45) is 5.41 Å². The predicted molar refractivity (Wildman–Crippen MR) is 126 cm³/mol. The first-order valence-corrected chi connectivity index (χ1v) is 11.3. The fourth-order valence-electron chi connectivity index (χ4n) is 4.20. The third-order valence-electron chi connectivity index (χ3n) is 6.01. The number of carboxylic acids is 1. The van der Waals surface area contributed by atoms with Crippen LogP contribution in [-0.4, -0.2) is 41.8 Å². The largest absolute Gasteiger partial charge is 0.480 e. The van der Waals surface area contributed by atoms with E-state index in [2.05, 4.69) is 34.9 Å². The number of hydrogen-bond donors (Lipinski definition) is 3. The molecule has 2 aromatic carbocycles. The van der Waals surface area contributed by atoms with Crippen LogP contribution in [0.1, 0.15) is 57.6 Å². The molecular formula is C26H32N2O5. The molecule has 2 amide bonds. The highest BCUT2D eigenvalue weighted by Crippen LogP contribution is 2.44. The summed E-state index contributed by atoms with van der Waals surface area (Å²) < 4.78 is 5.55. The van der Waals surface area contributed by atoms with E-state index < -0.39 is 35.5 Å². The van der Waals surface area contributed by atoms with Gasteiger partial charge in [-0.3, -0.25) is 4.79 Å². The summed E-state index contributed by atoms with van der Waals surface area (Å²) in [5.74, 6) is -1.56. The van der Waals surface area contributed by atoms with Crippen LogP contribution in [0.15, 0.2) is 48.5 Å². The molecule has 0 bridgehead atoms. The van der Waals surface area contributed by atoms with Crippen LogP contribution in [0.4, 0.5) is 4.79 Å². The number of carboxylic acid groups (broad SMARTS) is 1. The molecule has 33 heavy (non-hydrogen) atoms. The number of aliphatic carboxylic acids is 1. The Hall–Kier alpha value is -3.35. The highest BCUT2D eigenvalue weighted by atomic mass is 16.5. The summed E-state index contributed by atoms with van der Waals surface area (Å²) in [5.41, 5.74) is 3.91. The molecule has 0 aromatic heterocycles. The Kier molecular flexibility index (Phi) is 7.41. The second-order valence-electron chi connectivity index (χ2n) is 9.48. The summed E-state index contributed by atoms with van der Waals surface area (Å²) in [7, 11) is 0. The van der Waals surface area contributed by atoms with Gasteiger partial charge in [-0.05, 0) is 34.1 Å². The number of nitrogens with one attached hydrogen (secondary N) is 2. The lowest BCUT2D eigenvalue weighted by Crippen LogP contribution is -2.50. The average Bonchev–Trinajstić information content (AvgIpc) is 3.08. The van der Waals surface area contributed by atoms with Gasteiger partial charge in [-0.2, -0.15) is 0 Å². The second kappa shape index (κ2) is 10.1. The van der Waals surface area contributed by atoms with Gasteiger partial charge in [0.05, 0.1) is 0 Å². The fourth-order valence-corrected chi connectivity index (χ4v) is 4.20. The fraction of sp³-hybridized carbons (Fsp3) is 0.423. The van der Waals surface area contributed by atoms with Crippen LogP contribution in [0, 0.1) is 5.41 Å². The first kappa shape index (κ1) is 24.3. The highest BCUT2D eigenvalue weighted by molar-refractivity contribution is 5.85. The number of benzene rings is 2. The molecule has 2 aromatic rings. The molecule has 1 aliphatic rings. The zero-order valence-electron chi connectivity index (χ0n) is 19.6. The van der Waals surface area contributed by atoms with Gasteiger partial charge in [-0.1, -0.05) is 76.2 Å². The Morgan fingerprint density at radius 3 is 2.00 bits per heavy atom. The maximum Gasteiger partial charge on any atom is 0.407 e. The molecule has 1 aliphatic carbocycles. The van der Waals surface area contributed by atoms with E-state index >= 15 is 0 Å². The number of carbonyl (C=O) groups is 3. The minimum absolute atomic E-state index is 0.0272. The monoisotopic (exact) mass is 452 g/mol. The van der Waals surface area contributed by atoms with E-state index in [1.165, 1.54) is 0 Å². The molecule has 0 aliphatic heterocycles. The maximum atomic E-state index is 12.5. The Balaban J connectivity index is 1.58. The number of alkyl carbamates (subject to hydrolysis) is 1. The molecule has 0 saturated carbocycles. The van der Waals surface area contributed by atoms with Crippen molar-refractivity contribution in [3.8, 4) is 11.1 Å². The van der Waals surface area contributed by atoms with Crippen molar-refractivity contribution in [3.63, 3.8) is 0 Å². The number of rotatable bonds is 8. The third-order valence-corrected chi connectivity index (χ3v) is 6.01.